The van der Waals surface area contributed by atoms with Crippen LogP contribution in [0.2, 0.25) is 0 Å². The van der Waals surface area contributed by atoms with Crippen LogP contribution in [0, 0.1) is 0 Å². The molecule has 134 valence electrons. The summed E-state index contributed by atoms with van der Waals surface area (Å²) in [4.78, 5) is 12.9. The van der Waals surface area contributed by atoms with E-state index in [2.05, 4.69) is 5.32 Å². The van der Waals surface area contributed by atoms with Crippen LogP contribution in [0.5, 0.6) is 11.5 Å². The maximum atomic E-state index is 11.8. The molecule has 5 heteroatoms. The predicted molar refractivity (Wildman–Crippen MR) is 97.9 cm³/mol. The number of quaternary nitrogens is 1. The topological polar surface area (TPSA) is 52.0 Å². The number of benzene rings is 2. The molecule has 1 unspecified atom stereocenters. The molecule has 0 aliphatic rings. The molecule has 0 saturated heterocycles. The molecule has 0 aliphatic carbocycles. The molecule has 2 aromatic rings. The first-order chi connectivity index (χ1) is 12.0. The zero-order chi connectivity index (χ0) is 18.2. The average Bonchev–Trinajstić information content (AvgIpc) is 2.66. The minimum Gasteiger partial charge on any atom is -0.493 e. The lowest BCUT2D eigenvalue weighted by molar-refractivity contribution is -0.908. The predicted octanol–water partition coefficient (Wildman–Crippen LogP) is 1.42. The fourth-order valence-electron chi connectivity index (χ4n) is 2.59. The van der Waals surface area contributed by atoms with Crippen molar-refractivity contribution in [2.24, 2.45) is 0 Å². The van der Waals surface area contributed by atoms with Crippen LogP contribution in [0.25, 0.3) is 0 Å². The zero-order valence-electron chi connectivity index (χ0n) is 15.3. The lowest BCUT2D eigenvalue weighted by Gasteiger charge is -2.21. The Bertz CT molecular complexity index is 689. The Kier molecular flexibility index (Phi) is 6.83. The molecule has 0 saturated carbocycles. The minimum absolute atomic E-state index is 0.0345. The quantitative estimate of drug-likeness (QED) is 0.762. The second-order valence-electron chi connectivity index (χ2n) is 6.12. The van der Waals surface area contributed by atoms with E-state index in [1.807, 2.05) is 62.5 Å². The van der Waals surface area contributed by atoms with Gasteiger partial charge in [0.2, 0.25) is 0 Å². The molecule has 5 nitrogen and oxygen atoms in total. The molecular formula is C20H27N2O3+. The number of nitrogens with one attached hydrogen (secondary N) is 2. The first-order valence-electron chi connectivity index (χ1n) is 8.42. The van der Waals surface area contributed by atoms with Crippen LogP contribution < -0.4 is 19.7 Å². The Morgan fingerprint density at radius 1 is 1.12 bits per heavy atom. The summed E-state index contributed by atoms with van der Waals surface area (Å²) in [6, 6.07) is 15.8. The van der Waals surface area contributed by atoms with Crippen molar-refractivity contribution in [3.63, 3.8) is 0 Å². The van der Waals surface area contributed by atoms with Crippen molar-refractivity contribution < 1.29 is 19.2 Å². The van der Waals surface area contributed by atoms with Gasteiger partial charge in [-0.3, -0.25) is 4.79 Å². The van der Waals surface area contributed by atoms with E-state index in [1.54, 1.807) is 14.2 Å². The molecule has 2 aromatic carbocycles. The molecule has 1 amide bonds. The van der Waals surface area contributed by atoms with Crippen molar-refractivity contribution in [1.29, 1.82) is 0 Å². The first kappa shape index (κ1) is 18.8. The monoisotopic (exact) mass is 343 g/mol. The largest absolute Gasteiger partial charge is 0.493 e. The molecule has 2 rings (SSSR count). The van der Waals surface area contributed by atoms with E-state index in [0.29, 0.717) is 18.1 Å². The lowest BCUT2D eigenvalue weighted by Crippen LogP contribution is -3.12. The van der Waals surface area contributed by atoms with Crippen molar-refractivity contribution in [3.8, 4) is 11.5 Å². The van der Waals surface area contributed by atoms with Gasteiger partial charge in [-0.05, 0) is 30.7 Å². The number of amides is 1. The fourth-order valence-corrected chi connectivity index (χ4v) is 2.59. The summed E-state index contributed by atoms with van der Waals surface area (Å²) in [5, 5.41) is 2.69. The van der Waals surface area contributed by atoms with E-state index >= 15 is 0 Å². The van der Waals surface area contributed by atoms with E-state index in [-0.39, 0.29) is 11.9 Å². The van der Waals surface area contributed by atoms with E-state index in [9.17, 15) is 4.79 Å². The Labute approximate surface area is 149 Å². The van der Waals surface area contributed by atoms with Crippen LogP contribution in [0.15, 0.2) is 48.5 Å². The molecular weight excluding hydrogens is 316 g/mol. The molecule has 0 aliphatic heterocycles. The summed E-state index contributed by atoms with van der Waals surface area (Å²) in [6.45, 7) is 3.14. The minimum atomic E-state index is -0.120. The van der Waals surface area contributed by atoms with Crippen LogP contribution in [0.4, 0.5) is 0 Å². The highest BCUT2D eigenvalue weighted by atomic mass is 16.5. The number of ether oxygens (including phenoxy) is 2. The van der Waals surface area contributed by atoms with Crippen LogP contribution >= 0.6 is 0 Å². The van der Waals surface area contributed by atoms with Gasteiger partial charge in [-0.25, -0.2) is 0 Å². The molecule has 2 N–H and O–H groups in total. The van der Waals surface area contributed by atoms with E-state index in [4.69, 9.17) is 9.47 Å². The highest BCUT2D eigenvalue weighted by molar-refractivity contribution is 5.79. The summed E-state index contributed by atoms with van der Waals surface area (Å²) in [5.74, 6) is 1.45. The molecule has 0 heterocycles. The maximum absolute atomic E-state index is 11.8. The van der Waals surface area contributed by atoms with E-state index in [0.717, 1.165) is 22.6 Å². The van der Waals surface area contributed by atoms with Crippen molar-refractivity contribution >= 4 is 5.91 Å². The number of hydrogen-bond donors (Lipinski definition) is 2. The van der Waals surface area contributed by atoms with Crippen LogP contribution in [-0.4, -0.2) is 33.2 Å². The molecule has 0 aromatic heterocycles. The number of likely N-dealkylation sites (N-methyl/N-ethyl adjacent to an activating group) is 2. The van der Waals surface area contributed by atoms with Gasteiger partial charge in [-0.2, -0.15) is 0 Å². The molecule has 0 radical (unpaired) electrons. The molecule has 0 spiro atoms. The third-order valence-electron chi connectivity index (χ3n) is 4.33. The number of carbonyl (C=O) groups excluding carboxylic acids is 1. The second kappa shape index (κ2) is 9.08. The number of carbonyl (C=O) groups is 1. The zero-order valence-corrected chi connectivity index (χ0v) is 15.3. The Balaban J connectivity index is 2.04. The highest BCUT2D eigenvalue weighted by Crippen LogP contribution is 2.28. The summed E-state index contributed by atoms with van der Waals surface area (Å²) in [5.41, 5.74) is 2.20. The standard InChI is InChI=1S/C20H26N2O3/c1-15(20(23)21-2)22(3)13-17-10-11-18(19(12-17)24-4)25-14-16-8-6-5-7-9-16/h5-12,15H,13-14H2,1-4H3,(H,21,23)/p+1/t15-/m1/s1. The van der Waals surface area contributed by atoms with E-state index in [1.165, 1.54) is 0 Å². The van der Waals surface area contributed by atoms with Gasteiger partial charge in [0.25, 0.3) is 5.91 Å². The number of methoxy groups -OCH3 is 1. The number of hydrogen-bond acceptors (Lipinski definition) is 3. The summed E-state index contributed by atoms with van der Waals surface area (Å²) >= 11 is 0. The van der Waals surface area contributed by atoms with Crippen LogP contribution in [0.1, 0.15) is 18.1 Å². The van der Waals surface area contributed by atoms with Gasteiger partial charge in [0.15, 0.2) is 17.5 Å². The average molecular weight is 343 g/mol. The van der Waals surface area contributed by atoms with Gasteiger partial charge in [0.05, 0.1) is 14.2 Å². The highest BCUT2D eigenvalue weighted by Gasteiger charge is 2.21. The van der Waals surface area contributed by atoms with Crippen molar-refractivity contribution in [2.45, 2.75) is 26.1 Å². The van der Waals surface area contributed by atoms with Crippen molar-refractivity contribution in [2.75, 3.05) is 21.2 Å². The van der Waals surface area contributed by atoms with Gasteiger partial charge in [-0.1, -0.05) is 30.3 Å². The SMILES string of the molecule is CNC(=O)[C@@H](C)[NH+](C)Cc1ccc(OCc2ccccc2)c(OC)c1. The van der Waals surface area contributed by atoms with Crippen LogP contribution in [0.3, 0.4) is 0 Å². The normalized spacial score (nSPS) is 13.0. The Morgan fingerprint density at radius 2 is 1.84 bits per heavy atom. The summed E-state index contributed by atoms with van der Waals surface area (Å²) in [7, 11) is 5.30. The summed E-state index contributed by atoms with van der Waals surface area (Å²) in [6.07, 6.45) is 0. The first-order valence-corrected chi connectivity index (χ1v) is 8.42. The molecule has 0 fully saturated rings. The summed E-state index contributed by atoms with van der Waals surface area (Å²) < 4.78 is 11.4. The van der Waals surface area contributed by atoms with Gasteiger partial charge < -0.3 is 19.7 Å². The Morgan fingerprint density at radius 3 is 2.48 bits per heavy atom. The second-order valence-corrected chi connectivity index (χ2v) is 6.12. The third kappa shape index (κ3) is 5.22. The third-order valence-corrected chi connectivity index (χ3v) is 4.33. The molecule has 0 bridgehead atoms. The van der Waals surface area contributed by atoms with Gasteiger partial charge >= 0.3 is 0 Å². The van der Waals surface area contributed by atoms with Gasteiger partial charge in [0, 0.05) is 12.6 Å². The van der Waals surface area contributed by atoms with Crippen molar-refractivity contribution in [1.82, 2.24) is 5.32 Å². The molecule has 2 atom stereocenters. The van der Waals surface area contributed by atoms with Crippen LogP contribution in [-0.2, 0) is 17.9 Å². The van der Waals surface area contributed by atoms with Crippen molar-refractivity contribution in [3.05, 3.63) is 59.7 Å². The maximum Gasteiger partial charge on any atom is 0.277 e. The fraction of sp³-hybridized carbons (Fsp3) is 0.350. The van der Waals surface area contributed by atoms with E-state index < -0.39 is 0 Å². The lowest BCUT2D eigenvalue weighted by atomic mass is 10.1. The molecule has 25 heavy (non-hydrogen) atoms. The van der Waals surface area contributed by atoms with Gasteiger partial charge in [0.1, 0.15) is 13.2 Å². The Hall–Kier alpha value is -2.53. The number of rotatable bonds is 8. The van der Waals surface area contributed by atoms with Gasteiger partial charge in [-0.15, -0.1) is 0 Å². The smallest absolute Gasteiger partial charge is 0.277 e.